The number of aliphatic carboxylic acids is 1. The Bertz CT molecular complexity index is 461. The van der Waals surface area contributed by atoms with Crippen molar-refractivity contribution in [2.45, 2.75) is 40.0 Å². The zero-order valence-electron chi connectivity index (χ0n) is 11.9. The van der Waals surface area contributed by atoms with E-state index in [9.17, 15) is 4.79 Å². The predicted octanol–water partition coefficient (Wildman–Crippen LogP) is 4.05. The molecule has 3 nitrogen and oxygen atoms in total. The fourth-order valence-corrected chi connectivity index (χ4v) is 1.96. The van der Waals surface area contributed by atoms with Crippen LogP contribution in [0, 0.1) is 6.92 Å². The molecule has 0 radical (unpaired) electrons. The third-order valence-electron chi connectivity index (χ3n) is 2.92. The molecule has 0 spiro atoms. The lowest BCUT2D eigenvalue weighted by Gasteiger charge is -2.11. The summed E-state index contributed by atoms with van der Waals surface area (Å²) in [6, 6.07) is 5.97. The van der Waals surface area contributed by atoms with Gasteiger partial charge in [-0.2, -0.15) is 0 Å². The van der Waals surface area contributed by atoms with Crippen LogP contribution >= 0.6 is 0 Å². The Kier molecular flexibility index (Phi) is 6.13. The van der Waals surface area contributed by atoms with Crippen LogP contribution in [0.2, 0.25) is 0 Å². The highest BCUT2D eigenvalue weighted by Crippen LogP contribution is 2.26. The number of carbonyl (C=O) groups is 1. The smallest absolute Gasteiger partial charge is 0.307 e. The van der Waals surface area contributed by atoms with E-state index in [-0.39, 0.29) is 6.42 Å². The summed E-state index contributed by atoms with van der Waals surface area (Å²) in [5.74, 6) is 0.0725. The average molecular weight is 262 g/mol. The molecule has 19 heavy (non-hydrogen) atoms. The molecule has 0 saturated heterocycles. The minimum Gasteiger partial charge on any atom is -0.494 e. The maximum absolute atomic E-state index is 10.6. The summed E-state index contributed by atoms with van der Waals surface area (Å²) < 4.78 is 5.59. The molecule has 0 bridgehead atoms. The maximum atomic E-state index is 10.6. The Balaban J connectivity index is 2.93. The summed E-state index contributed by atoms with van der Waals surface area (Å²) in [6.07, 6.45) is 3.66. The van der Waals surface area contributed by atoms with Crippen molar-refractivity contribution in [1.82, 2.24) is 0 Å². The van der Waals surface area contributed by atoms with Gasteiger partial charge in [0.15, 0.2) is 0 Å². The van der Waals surface area contributed by atoms with Gasteiger partial charge in [-0.05, 0) is 48.6 Å². The molecule has 0 aliphatic rings. The van der Waals surface area contributed by atoms with Gasteiger partial charge >= 0.3 is 5.97 Å². The van der Waals surface area contributed by atoms with Crippen molar-refractivity contribution in [2.75, 3.05) is 6.61 Å². The van der Waals surface area contributed by atoms with Crippen molar-refractivity contribution in [3.63, 3.8) is 0 Å². The number of carboxylic acids is 1. The number of hydrogen-bond donors (Lipinski definition) is 1. The zero-order valence-corrected chi connectivity index (χ0v) is 11.9. The molecule has 1 rings (SSSR count). The van der Waals surface area contributed by atoms with Crippen LogP contribution in [0.5, 0.6) is 5.75 Å². The van der Waals surface area contributed by atoms with Crippen LogP contribution < -0.4 is 4.74 Å². The molecule has 0 aliphatic carbocycles. The molecule has 1 aromatic rings. The summed E-state index contributed by atoms with van der Waals surface area (Å²) in [5, 5.41) is 8.75. The van der Waals surface area contributed by atoms with Gasteiger partial charge in [-0.15, -0.1) is 0 Å². The lowest BCUT2D eigenvalue weighted by molar-refractivity contribution is -0.135. The fourth-order valence-electron chi connectivity index (χ4n) is 1.96. The van der Waals surface area contributed by atoms with Gasteiger partial charge in [0, 0.05) is 0 Å². The summed E-state index contributed by atoms with van der Waals surface area (Å²) in [6.45, 7) is 6.85. The number of allylic oxidation sites excluding steroid dienone is 1. The van der Waals surface area contributed by atoms with Crippen LogP contribution in [0.3, 0.4) is 0 Å². The van der Waals surface area contributed by atoms with E-state index in [1.807, 2.05) is 32.0 Å². The molecule has 0 saturated carbocycles. The SMILES string of the molecule is CCCOc1ccc(/C(=C/CC(=O)O)CC)c(C)c1. The fraction of sp³-hybridized carbons (Fsp3) is 0.438. The van der Waals surface area contributed by atoms with Gasteiger partial charge in [-0.25, -0.2) is 0 Å². The van der Waals surface area contributed by atoms with Gasteiger partial charge in [-0.3, -0.25) is 4.79 Å². The van der Waals surface area contributed by atoms with Crippen LogP contribution in [0.4, 0.5) is 0 Å². The van der Waals surface area contributed by atoms with Gasteiger partial charge in [0.05, 0.1) is 13.0 Å². The molecule has 3 heteroatoms. The first-order valence-electron chi connectivity index (χ1n) is 6.73. The number of hydrogen-bond acceptors (Lipinski definition) is 2. The van der Waals surface area contributed by atoms with Gasteiger partial charge < -0.3 is 9.84 Å². The summed E-state index contributed by atoms with van der Waals surface area (Å²) in [4.78, 5) is 10.6. The Labute approximate surface area is 114 Å². The molecule has 0 heterocycles. The lowest BCUT2D eigenvalue weighted by Crippen LogP contribution is -1.97. The minimum atomic E-state index is -0.800. The number of benzene rings is 1. The third kappa shape index (κ3) is 4.78. The van der Waals surface area contributed by atoms with Crippen molar-refractivity contribution in [1.29, 1.82) is 0 Å². The summed E-state index contributed by atoms with van der Waals surface area (Å²) >= 11 is 0. The number of carboxylic acid groups (broad SMARTS) is 1. The molecule has 0 aromatic heterocycles. The second kappa shape index (κ2) is 7.62. The molecule has 0 amide bonds. The van der Waals surface area contributed by atoms with E-state index in [4.69, 9.17) is 9.84 Å². The number of rotatable bonds is 7. The molecular weight excluding hydrogens is 240 g/mol. The molecule has 0 fully saturated rings. The molecule has 0 unspecified atom stereocenters. The minimum absolute atomic E-state index is 0.0662. The molecule has 1 aromatic carbocycles. The Hall–Kier alpha value is -1.77. The van der Waals surface area contributed by atoms with Crippen LogP contribution in [0.1, 0.15) is 44.2 Å². The van der Waals surface area contributed by atoms with Crippen molar-refractivity contribution < 1.29 is 14.6 Å². The van der Waals surface area contributed by atoms with E-state index in [0.29, 0.717) is 6.61 Å². The summed E-state index contributed by atoms with van der Waals surface area (Å²) in [7, 11) is 0. The van der Waals surface area contributed by atoms with Crippen LogP contribution in [-0.2, 0) is 4.79 Å². The second-order valence-corrected chi connectivity index (χ2v) is 4.51. The normalized spacial score (nSPS) is 11.4. The largest absolute Gasteiger partial charge is 0.494 e. The highest BCUT2D eigenvalue weighted by Gasteiger charge is 2.06. The van der Waals surface area contributed by atoms with E-state index < -0.39 is 5.97 Å². The Morgan fingerprint density at radius 2 is 2.11 bits per heavy atom. The first-order valence-corrected chi connectivity index (χ1v) is 6.73. The van der Waals surface area contributed by atoms with Crippen molar-refractivity contribution in [3.8, 4) is 5.75 Å². The highest BCUT2D eigenvalue weighted by atomic mass is 16.5. The number of aryl methyl sites for hydroxylation is 1. The van der Waals surface area contributed by atoms with E-state index in [2.05, 4.69) is 6.92 Å². The van der Waals surface area contributed by atoms with E-state index in [1.165, 1.54) is 0 Å². The van der Waals surface area contributed by atoms with E-state index >= 15 is 0 Å². The average Bonchev–Trinajstić information content (AvgIpc) is 2.38. The first kappa shape index (κ1) is 15.3. The van der Waals surface area contributed by atoms with Crippen molar-refractivity contribution in [2.24, 2.45) is 0 Å². The van der Waals surface area contributed by atoms with Crippen LogP contribution in [0.25, 0.3) is 5.57 Å². The maximum Gasteiger partial charge on any atom is 0.307 e. The Morgan fingerprint density at radius 1 is 1.37 bits per heavy atom. The predicted molar refractivity (Wildman–Crippen MR) is 77.5 cm³/mol. The topological polar surface area (TPSA) is 46.5 Å². The van der Waals surface area contributed by atoms with Gasteiger partial charge in [0.1, 0.15) is 5.75 Å². The quantitative estimate of drug-likeness (QED) is 0.806. The monoisotopic (exact) mass is 262 g/mol. The standard InChI is InChI=1S/C16H22O3/c1-4-10-19-14-7-8-15(12(3)11-14)13(5-2)6-9-16(17)18/h6-8,11H,4-5,9-10H2,1-3H3,(H,17,18)/b13-6+. The lowest BCUT2D eigenvalue weighted by atomic mass is 9.97. The van der Waals surface area contributed by atoms with E-state index in [1.54, 1.807) is 6.08 Å². The summed E-state index contributed by atoms with van der Waals surface area (Å²) in [5.41, 5.74) is 3.29. The molecule has 0 aliphatic heterocycles. The second-order valence-electron chi connectivity index (χ2n) is 4.51. The van der Waals surface area contributed by atoms with Crippen LogP contribution in [-0.4, -0.2) is 17.7 Å². The van der Waals surface area contributed by atoms with Crippen molar-refractivity contribution in [3.05, 3.63) is 35.4 Å². The highest BCUT2D eigenvalue weighted by molar-refractivity contribution is 5.75. The Morgan fingerprint density at radius 3 is 2.63 bits per heavy atom. The van der Waals surface area contributed by atoms with Crippen LogP contribution in [0.15, 0.2) is 24.3 Å². The van der Waals surface area contributed by atoms with Gasteiger partial charge in [0.2, 0.25) is 0 Å². The molecule has 0 atom stereocenters. The first-order chi connectivity index (χ1) is 9.08. The van der Waals surface area contributed by atoms with Gasteiger partial charge in [-0.1, -0.05) is 26.0 Å². The van der Waals surface area contributed by atoms with E-state index in [0.717, 1.165) is 35.3 Å². The zero-order chi connectivity index (χ0) is 14.3. The molecular formula is C16H22O3. The molecule has 104 valence electrons. The number of ether oxygens (including phenoxy) is 1. The van der Waals surface area contributed by atoms with Gasteiger partial charge in [0.25, 0.3) is 0 Å². The molecule has 1 N–H and O–H groups in total. The van der Waals surface area contributed by atoms with Crippen molar-refractivity contribution >= 4 is 11.5 Å². The third-order valence-corrected chi connectivity index (χ3v) is 2.92.